The van der Waals surface area contributed by atoms with E-state index in [1.54, 1.807) is 11.3 Å². The fraction of sp³-hybridized carbons (Fsp3) is 0. The molecule has 2 nitrogen and oxygen atoms in total. The van der Waals surface area contributed by atoms with Crippen LogP contribution in [-0.4, -0.2) is 9.97 Å². The molecular weight excluding hydrogens is 204 g/mol. The van der Waals surface area contributed by atoms with E-state index in [2.05, 4.69) is 22.1 Å². The summed E-state index contributed by atoms with van der Waals surface area (Å²) in [6.45, 7) is 0. The Kier molecular flexibility index (Phi) is 1.96. The molecule has 0 N–H and O–H groups in total. The van der Waals surface area contributed by atoms with E-state index in [-0.39, 0.29) is 0 Å². The fourth-order valence-electron chi connectivity index (χ4n) is 1.55. The second-order valence-corrected chi connectivity index (χ2v) is 4.14. The Morgan fingerprint density at radius 1 is 1.00 bits per heavy atom. The predicted molar refractivity (Wildman–Crippen MR) is 62.9 cm³/mol. The molecule has 0 aliphatic carbocycles. The van der Waals surface area contributed by atoms with Gasteiger partial charge >= 0.3 is 0 Å². The normalized spacial score (nSPS) is 10.7. The van der Waals surface area contributed by atoms with E-state index in [1.165, 1.54) is 5.39 Å². The Bertz CT molecular complexity index is 587. The lowest BCUT2D eigenvalue weighted by Gasteiger charge is -1.99. The second-order valence-electron chi connectivity index (χ2n) is 3.25. The van der Waals surface area contributed by atoms with Crippen LogP contribution in [0.15, 0.2) is 48.1 Å². The molecule has 0 saturated heterocycles. The lowest BCUT2D eigenvalue weighted by molar-refractivity contribution is 1.38. The number of hydrogen-bond acceptors (Lipinski definition) is 3. The molecule has 3 aromatic rings. The maximum Gasteiger partial charge on any atom is 0.0825 e. The molecule has 0 spiro atoms. The third kappa shape index (κ3) is 1.51. The number of fused-ring (bicyclic) bond motifs is 1. The number of thiazole rings is 1. The standard InChI is InChI=1S/C12H8N2S/c1-2-4-10-9(3-1)5-6-11(14-10)12-7-13-8-15-12/h1-8H. The van der Waals surface area contributed by atoms with E-state index in [0.717, 1.165) is 16.1 Å². The Balaban J connectivity index is 2.22. The summed E-state index contributed by atoms with van der Waals surface area (Å²) in [4.78, 5) is 9.76. The van der Waals surface area contributed by atoms with E-state index in [1.807, 2.05) is 36.0 Å². The van der Waals surface area contributed by atoms with Gasteiger partial charge in [-0.25, -0.2) is 4.98 Å². The number of benzene rings is 1. The molecule has 0 amide bonds. The zero-order chi connectivity index (χ0) is 10.1. The van der Waals surface area contributed by atoms with Crippen LogP contribution < -0.4 is 0 Å². The number of para-hydroxylation sites is 1. The summed E-state index contributed by atoms with van der Waals surface area (Å²) in [7, 11) is 0. The number of rotatable bonds is 1. The zero-order valence-electron chi connectivity index (χ0n) is 7.92. The van der Waals surface area contributed by atoms with Gasteiger partial charge in [0, 0.05) is 11.6 Å². The summed E-state index contributed by atoms with van der Waals surface area (Å²) in [5.41, 5.74) is 3.85. The quantitative estimate of drug-likeness (QED) is 0.618. The fourth-order valence-corrected chi connectivity index (χ4v) is 2.14. The molecule has 72 valence electrons. The van der Waals surface area contributed by atoms with Crippen molar-refractivity contribution in [1.82, 2.24) is 9.97 Å². The molecule has 0 atom stereocenters. The molecule has 3 heteroatoms. The van der Waals surface area contributed by atoms with E-state index in [4.69, 9.17) is 0 Å². The maximum absolute atomic E-state index is 4.59. The first kappa shape index (κ1) is 8.56. The van der Waals surface area contributed by atoms with Crippen molar-refractivity contribution in [3.8, 4) is 10.6 Å². The van der Waals surface area contributed by atoms with Gasteiger partial charge in [-0.05, 0) is 12.1 Å². The first-order valence-electron chi connectivity index (χ1n) is 4.68. The van der Waals surface area contributed by atoms with Gasteiger partial charge in [0.25, 0.3) is 0 Å². The van der Waals surface area contributed by atoms with Gasteiger partial charge < -0.3 is 0 Å². The van der Waals surface area contributed by atoms with Crippen LogP contribution in [0.3, 0.4) is 0 Å². The molecular formula is C12H8N2S. The van der Waals surface area contributed by atoms with Crippen LogP contribution in [0.1, 0.15) is 0 Å². The molecule has 15 heavy (non-hydrogen) atoms. The van der Waals surface area contributed by atoms with Crippen molar-refractivity contribution in [3.05, 3.63) is 48.1 Å². The molecule has 1 aromatic carbocycles. The highest BCUT2D eigenvalue weighted by molar-refractivity contribution is 7.13. The van der Waals surface area contributed by atoms with Crippen LogP contribution in [0.5, 0.6) is 0 Å². The Morgan fingerprint density at radius 2 is 1.93 bits per heavy atom. The first-order chi connectivity index (χ1) is 7.43. The number of pyridine rings is 1. The monoisotopic (exact) mass is 212 g/mol. The van der Waals surface area contributed by atoms with Crippen molar-refractivity contribution in [2.75, 3.05) is 0 Å². The van der Waals surface area contributed by atoms with Gasteiger partial charge in [0.15, 0.2) is 0 Å². The molecule has 0 radical (unpaired) electrons. The summed E-state index contributed by atoms with van der Waals surface area (Å²) < 4.78 is 0. The van der Waals surface area contributed by atoms with Crippen LogP contribution >= 0.6 is 11.3 Å². The van der Waals surface area contributed by atoms with Crippen molar-refractivity contribution in [2.24, 2.45) is 0 Å². The third-order valence-electron chi connectivity index (χ3n) is 2.28. The average Bonchev–Trinajstić information content (AvgIpc) is 2.82. The highest BCUT2D eigenvalue weighted by atomic mass is 32.1. The SMILES string of the molecule is c1ccc2nc(-c3cncs3)ccc2c1. The van der Waals surface area contributed by atoms with Gasteiger partial charge in [-0.2, -0.15) is 0 Å². The molecule has 0 fully saturated rings. The second kappa shape index (κ2) is 3.44. The molecule has 2 aromatic heterocycles. The first-order valence-corrected chi connectivity index (χ1v) is 5.56. The molecule has 0 aliphatic heterocycles. The highest BCUT2D eigenvalue weighted by Crippen LogP contribution is 2.23. The topological polar surface area (TPSA) is 25.8 Å². The van der Waals surface area contributed by atoms with E-state index in [9.17, 15) is 0 Å². The van der Waals surface area contributed by atoms with Gasteiger partial charge in [-0.15, -0.1) is 11.3 Å². The van der Waals surface area contributed by atoms with Crippen molar-refractivity contribution in [2.45, 2.75) is 0 Å². The predicted octanol–water partition coefficient (Wildman–Crippen LogP) is 3.36. The Labute approximate surface area is 91.2 Å². The zero-order valence-corrected chi connectivity index (χ0v) is 8.74. The minimum Gasteiger partial charge on any atom is -0.252 e. The minimum atomic E-state index is 0.996. The van der Waals surface area contributed by atoms with Gasteiger partial charge in [-0.1, -0.05) is 24.3 Å². The maximum atomic E-state index is 4.59. The molecule has 0 aliphatic rings. The van der Waals surface area contributed by atoms with E-state index in [0.29, 0.717) is 0 Å². The highest BCUT2D eigenvalue weighted by Gasteiger charge is 2.01. The Morgan fingerprint density at radius 3 is 2.80 bits per heavy atom. The molecule has 0 saturated carbocycles. The largest absolute Gasteiger partial charge is 0.252 e. The molecule has 3 rings (SSSR count). The van der Waals surface area contributed by atoms with Gasteiger partial charge in [0.05, 0.1) is 21.6 Å². The van der Waals surface area contributed by atoms with Gasteiger partial charge in [-0.3, -0.25) is 4.98 Å². The van der Waals surface area contributed by atoms with Crippen LogP contribution in [0, 0.1) is 0 Å². The minimum absolute atomic E-state index is 0.996. The van der Waals surface area contributed by atoms with Crippen molar-refractivity contribution < 1.29 is 0 Å². The summed E-state index contributed by atoms with van der Waals surface area (Å²) >= 11 is 1.61. The lowest BCUT2D eigenvalue weighted by atomic mass is 10.2. The number of nitrogens with zero attached hydrogens (tertiary/aromatic N) is 2. The van der Waals surface area contributed by atoms with Crippen LogP contribution in [0.25, 0.3) is 21.5 Å². The summed E-state index contributed by atoms with van der Waals surface area (Å²) in [6.07, 6.45) is 1.85. The van der Waals surface area contributed by atoms with Crippen molar-refractivity contribution in [3.63, 3.8) is 0 Å². The van der Waals surface area contributed by atoms with Crippen LogP contribution in [0.4, 0.5) is 0 Å². The number of aromatic nitrogens is 2. The van der Waals surface area contributed by atoms with Crippen LogP contribution in [-0.2, 0) is 0 Å². The summed E-state index contributed by atoms with van der Waals surface area (Å²) in [6, 6.07) is 12.3. The molecule has 0 bridgehead atoms. The lowest BCUT2D eigenvalue weighted by Crippen LogP contribution is -1.81. The summed E-state index contributed by atoms with van der Waals surface area (Å²) in [5.74, 6) is 0. The average molecular weight is 212 g/mol. The molecule has 0 unspecified atom stereocenters. The Hall–Kier alpha value is -1.74. The van der Waals surface area contributed by atoms with E-state index >= 15 is 0 Å². The van der Waals surface area contributed by atoms with Gasteiger partial charge in [0.2, 0.25) is 0 Å². The van der Waals surface area contributed by atoms with Crippen LogP contribution in [0.2, 0.25) is 0 Å². The van der Waals surface area contributed by atoms with Crippen molar-refractivity contribution >= 4 is 22.2 Å². The van der Waals surface area contributed by atoms with Gasteiger partial charge in [0.1, 0.15) is 0 Å². The van der Waals surface area contributed by atoms with Crippen molar-refractivity contribution in [1.29, 1.82) is 0 Å². The smallest absolute Gasteiger partial charge is 0.0825 e. The molecule has 2 heterocycles. The van der Waals surface area contributed by atoms with E-state index < -0.39 is 0 Å². The number of hydrogen-bond donors (Lipinski definition) is 0. The third-order valence-corrected chi connectivity index (χ3v) is 3.08. The summed E-state index contributed by atoms with van der Waals surface area (Å²) in [5, 5.41) is 1.17.